The van der Waals surface area contributed by atoms with Crippen LogP contribution in [-0.4, -0.2) is 29.1 Å². The van der Waals surface area contributed by atoms with Crippen molar-refractivity contribution in [3.8, 4) is 0 Å². The minimum Gasteiger partial charge on any atom is -0.344 e. The lowest BCUT2D eigenvalue weighted by Gasteiger charge is -2.32. The molecule has 2 rings (SSSR count). The Balaban J connectivity index is 2.20. The highest BCUT2D eigenvalue weighted by Crippen LogP contribution is 2.29. The molecule has 0 bridgehead atoms. The summed E-state index contributed by atoms with van der Waals surface area (Å²) in [5, 5.41) is 1.15. The van der Waals surface area contributed by atoms with E-state index in [0.717, 1.165) is 17.4 Å². The Bertz CT molecular complexity index is 337. The van der Waals surface area contributed by atoms with Crippen molar-refractivity contribution >= 4 is 28.2 Å². The van der Waals surface area contributed by atoms with Gasteiger partial charge in [0, 0.05) is 35.5 Å². The second-order valence-corrected chi connectivity index (χ2v) is 6.04. The molecule has 0 radical (unpaired) electrons. The Labute approximate surface area is 99.1 Å². The van der Waals surface area contributed by atoms with Crippen molar-refractivity contribution in [2.45, 2.75) is 26.4 Å². The van der Waals surface area contributed by atoms with E-state index in [1.54, 1.807) is 11.3 Å². The van der Waals surface area contributed by atoms with Gasteiger partial charge in [-0.1, -0.05) is 0 Å². The van der Waals surface area contributed by atoms with E-state index in [1.165, 1.54) is 16.4 Å². The number of nitrogens with two attached hydrogens (primary N) is 1. The van der Waals surface area contributed by atoms with Crippen molar-refractivity contribution in [1.29, 1.82) is 0 Å². The van der Waals surface area contributed by atoms with Crippen LogP contribution in [0.25, 0.3) is 0 Å². The fraction of sp³-hybridized carbons (Fsp3) is 0.700. The van der Waals surface area contributed by atoms with Crippen LogP contribution in [0.1, 0.15) is 17.5 Å². The summed E-state index contributed by atoms with van der Waals surface area (Å²) in [6, 6.07) is 0.597. The van der Waals surface area contributed by atoms with Gasteiger partial charge in [-0.2, -0.15) is 11.8 Å². The summed E-state index contributed by atoms with van der Waals surface area (Å²) in [7, 11) is 0. The van der Waals surface area contributed by atoms with Gasteiger partial charge < -0.3 is 10.6 Å². The standard InChI is InChI=1S/C10H17N3S2/c1-7-6-14-4-3-13(7)10-12-8(2)9(5-11)15-10/h7H,3-6,11H2,1-2H3. The maximum Gasteiger partial charge on any atom is 0.186 e. The highest BCUT2D eigenvalue weighted by Gasteiger charge is 2.22. The van der Waals surface area contributed by atoms with E-state index in [9.17, 15) is 0 Å². The highest BCUT2D eigenvalue weighted by atomic mass is 32.2. The summed E-state index contributed by atoms with van der Waals surface area (Å²) >= 11 is 3.78. The van der Waals surface area contributed by atoms with Gasteiger partial charge in [-0.25, -0.2) is 4.98 Å². The molecule has 15 heavy (non-hydrogen) atoms. The third kappa shape index (κ3) is 2.29. The van der Waals surface area contributed by atoms with Crippen LogP contribution in [0, 0.1) is 6.92 Å². The fourth-order valence-electron chi connectivity index (χ4n) is 1.74. The Hall–Kier alpha value is -0.260. The highest BCUT2D eigenvalue weighted by molar-refractivity contribution is 7.99. The second kappa shape index (κ2) is 4.72. The van der Waals surface area contributed by atoms with E-state index in [1.807, 2.05) is 18.7 Å². The number of hydrogen-bond acceptors (Lipinski definition) is 5. The Morgan fingerprint density at radius 3 is 3.00 bits per heavy atom. The molecule has 1 saturated heterocycles. The SMILES string of the molecule is Cc1nc(N2CCSCC2C)sc1CN. The van der Waals surface area contributed by atoms with Gasteiger partial charge in [0.05, 0.1) is 5.69 Å². The van der Waals surface area contributed by atoms with Crippen LogP contribution in [-0.2, 0) is 6.54 Å². The molecule has 0 spiro atoms. The van der Waals surface area contributed by atoms with Crippen molar-refractivity contribution in [2.24, 2.45) is 5.73 Å². The molecule has 1 fully saturated rings. The Morgan fingerprint density at radius 2 is 2.40 bits per heavy atom. The number of aryl methyl sites for hydroxylation is 1. The van der Waals surface area contributed by atoms with Gasteiger partial charge in [0.1, 0.15) is 0 Å². The first kappa shape index (κ1) is 11.2. The number of thiazole rings is 1. The van der Waals surface area contributed by atoms with Crippen LogP contribution in [0.2, 0.25) is 0 Å². The van der Waals surface area contributed by atoms with Crippen LogP contribution < -0.4 is 10.6 Å². The van der Waals surface area contributed by atoms with Gasteiger partial charge in [0.2, 0.25) is 0 Å². The molecule has 1 aromatic rings. The molecule has 0 aliphatic carbocycles. The molecule has 0 amide bonds. The minimum absolute atomic E-state index is 0.597. The molecular formula is C10H17N3S2. The molecular weight excluding hydrogens is 226 g/mol. The number of anilines is 1. The Kier molecular flexibility index (Phi) is 3.53. The lowest BCUT2D eigenvalue weighted by Crippen LogP contribution is -2.40. The summed E-state index contributed by atoms with van der Waals surface area (Å²) in [4.78, 5) is 8.24. The van der Waals surface area contributed by atoms with E-state index in [4.69, 9.17) is 5.73 Å². The first-order chi connectivity index (χ1) is 7.22. The summed E-state index contributed by atoms with van der Waals surface area (Å²) in [5.41, 5.74) is 6.78. The van der Waals surface area contributed by atoms with Gasteiger partial charge in [-0.3, -0.25) is 0 Å². The molecule has 2 heterocycles. The molecule has 1 aliphatic heterocycles. The van der Waals surface area contributed by atoms with Crippen LogP contribution >= 0.6 is 23.1 Å². The molecule has 5 heteroatoms. The number of hydrogen-bond donors (Lipinski definition) is 1. The predicted octanol–water partition coefficient (Wildman–Crippen LogP) is 1.85. The summed E-state index contributed by atoms with van der Waals surface area (Å²) in [5.74, 6) is 2.41. The summed E-state index contributed by atoms with van der Waals surface area (Å²) in [6.45, 7) is 6.04. The lowest BCUT2D eigenvalue weighted by molar-refractivity contribution is 0.696. The maximum absolute atomic E-state index is 5.68. The predicted molar refractivity (Wildman–Crippen MR) is 68.9 cm³/mol. The number of nitrogens with zero attached hydrogens (tertiary/aromatic N) is 2. The third-order valence-corrected chi connectivity index (χ3v) is 5.09. The van der Waals surface area contributed by atoms with Crippen LogP contribution in [0.3, 0.4) is 0 Å². The first-order valence-electron chi connectivity index (χ1n) is 5.23. The average molecular weight is 243 g/mol. The van der Waals surface area contributed by atoms with Gasteiger partial charge in [-0.15, -0.1) is 11.3 Å². The normalized spacial score (nSPS) is 22.1. The third-order valence-electron chi connectivity index (χ3n) is 2.68. The minimum atomic E-state index is 0.597. The van der Waals surface area contributed by atoms with Crippen LogP contribution in [0.5, 0.6) is 0 Å². The van der Waals surface area contributed by atoms with Crippen molar-refractivity contribution in [3.63, 3.8) is 0 Å². The molecule has 1 aromatic heterocycles. The molecule has 3 nitrogen and oxygen atoms in total. The topological polar surface area (TPSA) is 42.2 Å². The lowest BCUT2D eigenvalue weighted by atomic mass is 10.3. The van der Waals surface area contributed by atoms with Crippen molar-refractivity contribution in [2.75, 3.05) is 23.0 Å². The van der Waals surface area contributed by atoms with Crippen LogP contribution in [0.15, 0.2) is 0 Å². The molecule has 1 aliphatic rings. The maximum atomic E-state index is 5.68. The van der Waals surface area contributed by atoms with E-state index in [0.29, 0.717) is 12.6 Å². The van der Waals surface area contributed by atoms with Gasteiger partial charge in [-0.05, 0) is 13.8 Å². The number of rotatable bonds is 2. The molecule has 84 valence electrons. The van der Waals surface area contributed by atoms with E-state index in [-0.39, 0.29) is 0 Å². The van der Waals surface area contributed by atoms with Gasteiger partial charge in [0.15, 0.2) is 5.13 Å². The monoisotopic (exact) mass is 243 g/mol. The molecule has 0 saturated carbocycles. The zero-order valence-electron chi connectivity index (χ0n) is 9.19. The Morgan fingerprint density at radius 1 is 1.60 bits per heavy atom. The van der Waals surface area contributed by atoms with E-state index in [2.05, 4.69) is 16.8 Å². The van der Waals surface area contributed by atoms with E-state index < -0.39 is 0 Å². The zero-order valence-corrected chi connectivity index (χ0v) is 10.8. The zero-order chi connectivity index (χ0) is 10.8. The first-order valence-corrected chi connectivity index (χ1v) is 7.20. The van der Waals surface area contributed by atoms with Crippen LogP contribution in [0.4, 0.5) is 5.13 Å². The number of thioether (sulfide) groups is 1. The average Bonchev–Trinajstić information content (AvgIpc) is 2.60. The van der Waals surface area contributed by atoms with Crippen molar-refractivity contribution < 1.29 is 0 Å². The van der Waals surface area contributed by atoms with Gasteiger partial charge >= 0.3 is 0 Å². The molecule has 1 atom stereocenters. The van der Waals surface area contributed by atoms with Crippen molar-refractivity contribution in [3.05, 3.63) is 10.6 Å². The number of aromatic nitrogens is 1. The molecule has 2 N–H and O–H groups in total. The molecule has 1 unspecified atom stereocenters. The van der Waals surface area contributed by atoms with Crippen molar-refractivity contribution in [1.82, 2.24) is 4.98 Å². The quantitative estimate of drug-likeness (QED) is 0.861. The second-order valence-electron chi connectivity index (χ2n) is 3.83. The summed E-state index contributed by atoms with van der Waals surface area (Å²) < 4.78 is 0. The summed E-state index contributed by atoms with van der Waals surface area (Å²) in [6.07, 6.45) is 0. The smallest absolute Gasteiger partial charge is 0.186 e. The van der Waals surface area contributed by atoms with E-state index >= 15 is 0 Å². The fourth-order valence-corrected chi connectivity index (χ4v) is 3.82. The largest absolute Gasteiger partial charge is 0.344 e. The molecule has 0 aromatic carbocycles. The van der Waals surface area contributed by atoms with Gasteiger partial charge in [0.25, 0.3) is 0 Å².